The largest absolute Gasteiger partial charge is 0.330 e. The van der Waals surface area contributed by atoms with Crippen LogP contribution in [-0.2, 0) is 0 Å². The molecule has 0 saturated heterocycles. The van der Waals surface area contributed by atoms with Crippen LogP contribution in [0.1, 0.15) is 0 Å². The molecule has 1 heterocycles. The van der Waals surface area contributed by atoms with Crippen LogP contribution < -0.4 is 11.1 Å². The molecule has 0 aromatic carbocycles. The van der Waals surface area contributed by atoms with E-state index in [1.807, 2.05) is 18.7 Å². The fourth-order valence-corrected chi connectivity index (χ4v) is 2.25. The number of aliphatic imine (C=N–C) groups is 1. The minimum absolute atomic E-state index is 0.684. The predicted octanol–water partition coefficient (Wildman–Crippen LogP) is 2.48. The van der Waals surface area contributed by atoms with Crippen LogP contribution >= 0.6 is 60.5 Å². The summed E-state index contributed by atoms with van der Waals surface area (Å²) in [7, 11) is 0. The van der Waals surface area contributed by atoms with Gasteiger partial charge in [-0.05, 0) is 18.8 Å². The Morgan fingerprint density at radius 1 is 1.59 bits per heavy atom. The highest BCUT2D eigenvalue weighted by atomic mass is 32.2. The summed E-state index contributed by atoms with van der Waals surface area (Å²) in [6, 6.07) is 0. The lowest BCUT2D eigenvalue weighted by Gasteiger charge is -1.87. The van der Waals surface area contributed by atoms with Crippen molar-refractivity contribution in [2.24, 2.45) is 15.8 Å². The first-order chi connectivity index (χ1) is 10.7. The summed E-state index contributed by atoms with van der Waals surface area (Å²) in [4.78, 5) is 6.85. The van der Waals surface area contributed by atoms with Gasteiger partial charge in [-0.15, -0.1) is 4.95 Å². The van der Waals surface area contributed by atoms with Crippen molar-refractivity contribution < 1.29 is 0 Å². The summed E-state index contributed by atoms with van der Waals surface area (Å²) in [5.74, 6) is 1.80. The minimum Gasteiger partial charge on any atom is -0.330 e. The van der Waals surface area contributed by atoms with Crippen molar-refractivity contribution in [2.75, 3.05) is 43.4 Å². The van der Waals surface area contributed by atoms with E-state index in [2.05, 4.69) is 45.6 Å². The highest BCUT2D eigenvalue weighted by molar-refractivity contribution is 8.38. The van der Waals surface area contributed by atoms with Crippen LogP contribution in [-0.4, -0.2) is 52.9 Å². The molecule has 0 aromatic rings. The number of hydrogen-bond acceptors (Lipinski definition) is 10. The molecule has 0 amide bonds. The average molecular weight is 399 g/mol. The maximum absolute atomic E-state index is 8.07. The van der Waals surface area contributed by atoms with Gasteiger partial charge in [-0.3, -0.25) is 10.3 Å². The Labute approximate surface area is 157 Å². The highest BCUT2D eigenvalue weighted by Crippen LogP contribution is 2.10. The molecule has 22 heavy (non-hydrogen) atoms. The Morgan fingerprint density at radius 3 is 2.36 bits per heavy atom. The van der Waals surface area contributed by atoms with E-state index in [1.54, 1.807) is 18.0 Å². The third-order valence-electron chi connectivity index (χ3n) is 1.36. The molecule has 1 aliphatic rings. The van der Waals surface area contributed by atoms with Crippen LogP contribution in [0.25, 0.3) is 4.95 Å². The maximum atomic E-state index is 8.07. The summed E-state index contributed by atoms with van der Waals surface area (Å²) in [5, 5.41) is 14.8. The fourth-order valence-electron chi connectivity index (χ4n) is 0.664. The Kier molecular flexibility index (Phi) is 31.3. The van der Waals surface area contributed by atoms with Crippen LogP contribution in [0.3, 0.4) is 0 Å². The molecule has 1 aliphatic heterocycles. The van der Waals surface area contributed by atoms with E-state index in [0.29, 0.717) is 6.54 Å². The van der Waals surface area contributed by atoms with Gasteiger partial charge in [0.25, 0.3) is 0 Å². The number of thioether (sulfide) groups is 3. The molecule has 3 N–H and O–H groups in total. The van der Waals surface area contributed by atoms with E-state index < -0.39 is 0 Å². The molecular weight excluding hydrogens is 376 g/mol. The van der Waals surface area contributed by atoms with Gasteiger partial charge < -0.3 is 5.73 Å². The van der Waals surface area contributed by atoms with Gasteiger partial charge in [-0.25, -0.2) is 0 Å². The molecule has 11 heteroatoms. The number of nitrogens with two attached hydrogens (primary N) is 1. The van der Waals surface area contributed by atoms with Gasteiger partial charge >= 0.3 is 0 Å². The second kappa shape index (κ2) is 25.8. The highest BCUT2D eigenvalue weighted by Gasteiger charge is 2.03. The predicted molar refractivity (Wildman–Crippen MR) is 112 cm³/mol. The normalized spacial score (nSPS) is 10.6. The topological polar surface area (TPSA) is 90.9 Å². The van der Waals surface area contributed by atoms with E-state index in [1.165, 1.54) is 23.5 Å². The zero-order valence-electron chi connectivity index (χ0n) is 12.8. The molecule has 0 fully saturated rings. The molecular formula is C11H22N6S5. The Balaban J connectivity index is -0.000000245. The molecule has 1 rings (SSSR count). The van der Waals surface area contributed by atoms with Gasteiger partial charge in [0.05, 0.1) is 6.54 Å². The fraction of sp³-hybridized carbons (Fsp3) is 0.636. The molecule has 0 unspecified atom stereocenters. The van der Waals surface area contributed by atoms with Crippen molar-refractivity contribution in [3.05, 3.63) is 11.5 Å². The third-order valence-corrected chi connectivity index (χ3v) is 4.37. The Bertz CT molecular complexity index is 366. The second-order valence-corrected chi connectivity index (χ2v) is 6.04. The maximum Gasteiger partial charge on any atom is 0.212 e. The number of rotatable bonds is 1. The zero-order chi connectivity index (χ0) is 17.6. The van der Waals surface area contributed by atoms with Crippen molar-refractivity contribution in [1.82, 2.24) is 5.32 Å². The Hall–Kier alpha value is -0.170. The van der Waals surface area contributed by atoms with Crippen LogP contribution in [0.15, 0.2) is 10.1 Å². The van der Waals surface area contributed by atoms with Crippen molar-refractivity contribution >= 4 is 70.1 Å². The summed E-state index contributed by atoms with van der Waals surface area (Å²) in [5.41, 5.74) is 4.95. The summed E-state index contributed by atoms with van der Waals surface area (Å²) >= 11 is 11.9. The molecule has 0 aromatic heterocycles. The van der Waals surface area contributed by atoms with Crippen LogP contribution in [0, 0.1) is 18.0 Å². The first-order valence-electron chi connectivity index (χ1n) is 5.80. The van der Waals surface area contributed by atoms with Gasteiger partial charge in [0, 0.05) is 18.1 Å². The van der Waals surface area contributed by atoms with E-state index in [4.69, 9.17) is 17.6 Å². The molecule has 126 valence electrons. The van der Waals surface area contributed by atoms with Gasteiger partial charge in [-0.2, -0.15) is 37.1 Å². The lowest BCUT2D eigenvalue weighted by atomic mass is 10.8. The number of amidine groups is 1. The van der Waals surface area contributed by atoms with Crippen LogP contribution in [0.4, 0.5) is 0 Å². The summed E-state index contributed by atoms with van der Waals surface area (Å²) in [6.07, 6.45) is 7.31. The molecule has 0 aliphatic carbocycles. The van der Waals surface area contributed by atoms with Gasteiger partial charge in [0.1, 0.15) is 5.10 Å². The molecule has 6 nitrogen and oxygen atoms in total. The van der Waals surface area contributed by atoms with Crippen LogP contribution in [0.5, 0.6) is 0 Å². The number of nitrogens with zero attached hydrogens (tertiary/aromatic N) is 4. The minimum atomic E-state index is 0.684. The molecule has 0 atom stereocenters. The number of nitriles is 1. The smallest absolute Gasteiger partial charge is 0.212 e. The monoisotopic (exact) mass is 398 g/mol. The lowest BCUT2D eigenvalue weighted by Crippen LogP contribution is -2.10. The zero-order valence-corrected chi connectivity index (χ0v) is 17.1. The van der Waals surface area contributed by atoms with E-state index in [9.17, 15) is 0 Å². The number of hydrogen-bond donors (Lipinski definition) is 4. The summed E-state index contributed by atoms with van der Waals surface area (Å²) in [6.45, 7) is 7.88. The van der Waals surface area contributed by atoms with Gasteiger partial charge in [0.2, 0.25) is 4.38 Å². The van der Waals surface area contributed by atoms with Crippen molar-refractivity contribution in [2.45, 2.75) is 0 Å². The SMILES string of the molecule is CS.N#CNC1=NCCS1.NCCS.[C-]#[N+]N=C(SC)SC. The molecule has 0 bridgehead atoms. The van der Waals surface area contributed by atoms with Crippen molar-refractivity contribution in [3.63, 3.8) is 0 Å². The number of thiol groups is 2. The molecule has 0 saturated carbocycles. The Morgan fingerprint density at radius 2 is 2.14 bits per heavy atom. The first-order valence-corrected chi connectivity index (χ1v) is 10.8. The van der Waals surface area contributed by atoms with Crippen LogP contribution in [0.2, 0.25) is 0 Å². The number of nitrogens with one attached hydrogen (secondary N) is 1. The van der Waals surface area contributed by atoms with Gasteiger partial charge in [-0.1, -0.05) is 35.3 Å². The lowest BCUT2D eigenvalue weighted by molar-refractivity contribution is 1.15. The first kappa shape index (κ1) is 26.7. The summed E-state index contributed by atoms with van der Waals surface area (Å²) < 4.78 is 0.819. The molecule has 0 spiro atoms. The average Bonchev–Trinajstić information content (AvgIpc) is 3.09. The second-order valence-electron chi connectivity index (χ2n) is 2.66. The van der Waals surface area contributed by atoms with Crippen molar-refractivity contribution in [3.8, 4) is 6.19 Å². The third kappa shape index (κ3) is 22.1. The molecule has 0 radical (unpaired) electrons. The van der Waals surface area contributed by atoms with Crippen molar-refractivity contribution in [1.29, 1.82) is 5.26 Å². The van der Waals surface area contributed by atoms with E-state index in [-0.39, 0.29) is 0 Å². The van der Waals surface area contributed by atoms with E-state index >= 15 is 0 Å². The van der Waals surface area contributed by atoms with E-state index in [0.717, 1.165) is 27.6 Å². The van der Waals surface area contributed by atoms with Gasteiger partial charge in [0.15, 0.2) is 11.4 Å². The quantitative estimate of drug-likeness (QED) is 0.103. The standard InChI is InChI=1S/C4H5N3S.C4H6N2S2.C2H7NS.CH4S/c5-3-7-4-6-1-2-8-4;1-5-6-4(7-2)8-3;3-1-2-4;1-2/h1-2H2,(H,6,7);2-3H3;4H,1-3H2;2H,1H3.